The van der Waals surface area contributed by atoms with E-state index < -0.39 is 9.84 Å². The van der Waals surface area contributed by atoms with Crippen molar-refractivity contribution in [2.45, 2.75) is 51.8 Å². The largest absolute Gasteiger partial charge is 0.374 e. The maximum absolute atomic E-state index is 11.5. The second-order valence-corrected chi connectivity index (χ2v) is 8.24. The van der Waals surface area contributed by atoms with E-state index in [2.05, 4.69) is 24.1 Å². The molecule has 0 spiro atoms. The van der Waals surface area contributed by atoms with E-state index in [-0.39, 0.29) is 23.7 Å². The summed E-state index contributed by atoms with van der Waals surface area (Å²) in [6.45, 7) is 8.76. The molecule has 5 nitrogen and oxygen atoms in total. The molecule has 120 valence electrons. The molecule has 0 radical (unpaired) electrons. The summed E-state index contributed by atoms with van der Waals surface area (Å²) in [6.07, 6.45) is 1.69. The highest BCUT2D eigenvalue weighted by Gasteiger charge is 2.28. The highest BCUT2D eigenvalue weighted by Crippen LogP contribution is 2.15. The molecule has 1 aliphatic rings. The normalized spacial score (nSPS) is 23.1. The predicted octanol–water partition coefficient (Wildman–Crippen LogP) is 0.899. The van der Waals surface area contributed by atoms with Gasteiger partial charge in [-0.3, -0.25) is 4.90 Å². The second kappa shape index (κ2) is 8.32. The van der Waals surface area contributed by atoms with Crippen LogP contribution in [0.3, 0.4) is 0 Å². The van der Waals surface area contributed by atoms with Gasteiger partial charge in [0.2, 0.25) is 0 Å². The van der Waals surface area contributed by atoms with Crippen LogP contribution in [-0.4, -0.2) is 69.8 Å². The van der Waals surface area contributed by atoms with Crippen LogP contribution in [0, 0.1) is 0 Å². The van der Waals surface area contributed by atoms with Crippen LogP contribution in [0.2, 0.25) is 0 Å². The third-order valence-electron chi connectivity index (χ3n) is 4.09. The van der Waals surface area contributed by atoms with E-state index in [9.17, 15) is 8.42 Å². The van der Waals surface area contributed by atoms with Crippen molar-refractivity contribution in [2.75, 3.05) is 38.2 Å². The number of morpholine rings is 1. The molecule has 2 unspecified atom stereocenters. The fourth-order valence-corrected chi connectivity index (χ4v) is 3.49. The van der Waals surface area contributed by atoms with Crippen LogP contribution >= 0.6 is 0 Å². The number of nitrogens with zero attached hydrogens (tertiary/aromatic N) is 1. The molecule has 1 N–H and O–H groups in total. The zero-order valence-electron chi connectivity index (χ0n) is 13.3. The summed E-state index contributed by atoms with van der Waals surface area (Å²) in [4.78, 5) is 2.42. The van der Waals surface area contributed by atoms with Crippen LogP contribution in [0.4, 0.5) is 0 Å². The molecule has 1 heterocycles. The molecule has 1 aliphatic heterocycles. The molecule has 0 bridgehead atoms. The first kappa shape index (κ1) is 17.9. The topological polar surface area (TPSA) is 58.6 Å². The SMILES string of the molecule is CCS(=O)(=O)CCCC(NC)C1CN(C(C)C)CCO1. The molecule has 20 heavy (non-hydrogen) atoms. The van der Waals surface area contributed by atoms with Gasteiger partial charge in [0.05, 0.1) is 18.5 Å². The lowest BCUT2D eigenvalue weighted by molar-refractivity contribution is -0.0554. The zero-order chi connectivity index (χ0) is 15.2. The molecule has 1 saturated heterocycles. The van der Waals surface area contributed by atoms with Crippen LogP contribution in [-0.2, 0) is 14.6 Å². The van der Waals surface area contributed by atoms with Crippen LogP contribution in [0.5, 0.6) is 0 Å². The van der Waals surface area contributed by atoms with Gasteiger partial charge in [-0.05, 0) is 33.7 Å². The molecule has 0 aromatic carbocycles. The maximum atomic E-state index is 11.5. The Labute approximate surface area is 124 Å². The van der Waals surface area contributed by atoms with Crippen molar-refractivity contribution in [1.29, 1.82) is 0 Å². The lowest BCUT2D eigenvalue weighted by atomic mass is 10.0. The van der Waals surface area contributed by atoms with Gasteiger partial charge in [0.25, 0.3) is 0 Å². The van der Waals surface area contributed by atoms with Crippen molar-refractivity contribution in [3.8, 4) is 0 Å². The Morgan fingerprint density at radius 3 is 2.65 bits per heavy atom. The number of likely N-dealkylation sites (N-methyl/N-ethyl adjacent to an activating group) is 1. The molecule has 6 heteroatoms. The third-order valence-corrected chi connectivity index (χ3v) is 5.88. The van der Waals surface area contributed by atoms with Gasteiger partial charge in [-0.1, -0.05) is 6.92 Å². The second-order valence-electron chi connectivity index (χ2n) is 5.77. The minimum Gasteiger partial charge on any atom is -0.374 e. The van der Waals surface area contributed by atoms with E-state index in [4.69, 9.17) is 4.74 Å². The molecule has 1 rings (SSSR count). The first-order chi connectivity index (χ1) is 9.39. The molecule has 2 atom stereocenters. The summed E-state index contributed by atoms with van der Waals surface area (Å²) in [6, 6.07) is 0.753. The monoisotopic (exact) mass is 306 g/mol. The summed E-state index contributed by atoms with van der Waals surface area (Å²) in [5.41, 5.74) is 0. The van der Waals surface area contributed by atoms with E-state index >= 15 is 0 Å². The first-order valence-corrected chi connectivity index (χ1v) is 9.45. The third kappa shape index (κ3) is 5.68. The highest BCUT2D eigenvalue weighted by molar-refractivity contribution is 7.91. The average molecular weight is 306 g/mol. The molecule has 0 aliphatic carbocycles. The van der Waals surface area contributed by atoms with E-state index in [0.717, 1.165) is 26.1 Å². The van der Waals surface area contributed by atoms with Crippen molar-refractivity contribution in [1.82, 2.24) is 10.2 Å². The fourth-order valence-electron chi connectivity index (χ4n) is 2.59. The zero-order valence-corrected chi connectivity index (χ0v) is 14.1. The quantitative estimate of drug-likeness (QED) is 0.722. The Balaban J connectivity index is 2.45. The molecular weight excluding hydrogens is 276 g/mol. The molecule has 0 aromatic heterocycles. The number of rotatable bonds is 8. The van der Waals surface area contributed by atoms with Crippen molar-refractivity contribution < 1.29 is 13.2 Å². The van der Waals surface area contributed by atoms with Crippen molar-refractivity contribution in [3.63, 3.8) is 0 Å². The van der Waals surface area contributed by atoms with Gasteiger partial charge in [0.1, 0.15) is 9.84 Å². The number of sulfone groups is 1. The van der Waals surface area contributed by atoms with E-state index in [1.165, 1.54) is 0 Å². The number of nitrogens with one attached hydrogen (secondary N) is 1. The highest BCUT2D eigenvalue weighted by atomic mass is 32.2. The molecule has 1 fully saturated rings. The Morgan fingerprint density at radius 2 is 2.10 bits per heavy atom. The number of hydrogen-bond donors (Lipinski definition) is 1. The minimum atomic E-state index is -2.86. The molecule has 0 aromatic rings. The van der Waals surface area contributed by atoms with Gasteiger partial charge in [-0.25, -0.2) is 8.42 Å². The van der Waals surface area contributed by atoms with E-state index in [0.29, 0.717) is 12.5 Å². The summed E-state index contributed by atoms with van der Waals surface area (Å²) >= 11 is 0. The Kier molecular flexibility index (Phi) is 7.43. The Bertz CT molecular complexity index is 371. The van der Waals surface area contributed by atoms with Crippen LogP contribution in [0.1, 0.15) is 33.6 Å². The first-order valence-electron chi connectivity index (χ1n) is 7.63. The average Bonchev–Trinajstić information content (AvgIpc) is 2.43. The Morgan fingerprint density at radius 1 is 1.40 bits per heavy atom. The van der Waals surface area contributed by atoms with Gasteiger partial charge >= 0.3 is 0 Å². The van der Waals surface area contributed by atoms with Crippen molar-refractivity contribution in [3.05, 3.63) is 0 Å². The molecule has 0 amide bonds. The fraction of sp³-hybridized carbons (Fsp3) is 1.00. The predicted molar refractivity (Wildman–Crippen MR) is 82.9 cm³/mol. The number of hydrogen-bond acceptors (Lipinski definition) is 5. The van der Waals surface area contributed by atoms with Gasteiger partial charge < -0.3 is 10.1 Å². The smallest absolute Gasteiger partial charge is 0.150 e. The lowest BCUT2D eigenvalue weighted by Crippen LogP contribution is -2.53. The van der Waals surface area contributed by atoms with Crippen molar-refractivity contribution in [2.24, 2.45) is 0 Å². The Hall–Kier alpha value is -0.170. The van der Waals surface area contributed by atoms with Gasteiger partial charge in [0.15, 0.2) is 0 Å². The lowest BCUT2D eigenvalue weighted by Gasteiger charge is -2.39. The summed E-state index contributed by atoms with van der Waals surface area (Å²) in [5.74, 6) is 0.514. The van der Waals surface area contributed by atoms with Crippen LogP contribution in [0.15, 0.2) is 0 Å². The molecule has 0 saturated carbocycles. The number of ether oxygens (including phenoxy) is 1. The van der Waals surface area contributed by atoms with Gasteiger partial charge in [-0.2, -0.15) is 0 Å². The van der Waals surface area contributed by atoms with Gasteiger partial charge in [-0.15, -0.1) is 0 Å². The minimum absolute atomic E-state index is 0.153. The molecular formula is C14H30N2O3S. The van der Waals surface area contributed by atoms with Crippen molar-refractivity contribution >= 4 is 9.84 Å². The summed E-state index contributed by atoms with van der Waals surface area (Å²) in [7, 11) is -0.930. The maximum Gasteiger partial charge on any atom is 0.150 e. The summed E-state index contributed by atoms with van der Waals surface area (Å²) in [5, 5.41) is 3.29. The summed E-state index contributed by atoms with van der Waals surface area (Å²) < 4.78 is 28.9. The van der Waals surface area contributed by atoms with Gasteiger partial charge in [0, 0.05) is 30.9 Å². The van der Waals surface area contributed by atoms with E-state index in [1.807, 2.05) is 7.05 Å². The van der Waals surface area contributed by atoms with E-state index in [1.54, 1.807) is 6.92 Å². The standard InChI is InChI=1S/C14H30N2O3S/c1-5-20(17,18)10-6-7-13(15-4)14-11-16(12(2)3)8-9-19-14/h12-15H,5-11H2,1-4H3. The van der Waals surface area contributed by atoms with Crippen LogP contribution in [0.25, 0.3) is 0 Å². The van der Waals surface area contributed by atoms with Crippen LogP contribution < -0.4 is 5.32 Å².